The first-order valence-electron chi connectivity index (χ1n) is 9.79. The zero-order valence-corrected chi connectivity index (χ0v) is 16.8. The van der Waals surface area contributed by atoms with Crippen molar-refractivity contribution in [3.05, 3.63) is 71.2 Å². The molecule has 0 bridgehead atoms. The Labute approximate surface area is 177 Å². The van der Waals surface area contributed by atoms with Crippen molar-refractivity contribution in [2.24, 2.45) is 0 Å². The van der Waals surface area contributed by atoms with Crippen LogP contribution in [-0.4, -0.2) is 19.6 Å². The molecule has 162 valence electrons. The summed E-state index contributed by atoms with van der Waals surface area (Å²) in [5, 5.41) is 2.63. The number of carbonyl (C=O) groups excluding carboxylic acids is 1. The van der Waals surface area contributed by atoms with Crippen molar-refractivity contribution < 1.29 is 32.2 Å². The predicted molar refractivity (Wildman–Crippen MR) is 109 cm³/mol. The zero-order chi connectivity index (χ0) is 21.8. The smallest absolute Gasteiger partial charge is 0.387 e. The lowest BCUT2D eigenvalue weighted by molar-refractivity contribution is -0.0512. The van der Waals surface area contributed by atoms with Gasteiger partial charge in [-0.2, -0.15) is 8.78 Å². The van der Waals surface area contributed by atoms with Crippen molar-refractivity contribution in [3.8, 4) is 17.2 Å². The predicted octanol–water partition coefficient (Wildman–Crippen LogP) is 5.21. The van der Waals surface area contributed by atoms with Gasteiger partial charge in [0.25, 0.3) is 5.91 Å². The molecule has 1 aliphatic carbocycles. The first-order valence-corrected chi connectivity index (χ1v) is 9.79. The van der Waals surface area contributed by atoms with Crippen molar-refractivity contribution in [1.82, 2.24) is 0 Å². The molecule has 1 N–H and O–H groups in total. The highest BCUT2D eigenvalue weighted by Gasteiger charge is 2.16. The number of furan rings is 1. The number of benzene rings is 2. The fourth-order valence-corrected chi connectivity index (χ4v) is 3.50. The van der Waals surface area contributed by atoms with E-state index in [9.17, 15) is 13.6 Å². The normalized spacial score (nSPS) is 12.5. The fraction of sp³-hybridized carbons (Fsp3) is 0.261. The molecular formula is C23H21F2NO5. The van der Waals surface area contributed by atoms with E-state index in [0.29, 0.717) is 11.4 Å². The number of aryl methyl sites for hydroxylation is 2. The Morgan fingerprint density at radius 3 is 2.71 bits per heavy atom. The summed E-state index contributed by atoms with van der Waals surface area (Å²) < 4.78 is 45.6. The Morgan fingerprint density at radius 2 is 1.90 bits per heavy atom. The van der Waals surface area contributed by atoms with Gasteiger partial charge in [0.15, 0.2) is 17.3 Å². The van der Waals surface area contributed by atoms with Gasteiger partial charge in [0, 0.05) is 11.8 Å². The first kappa shape index (κ1) is 20.7. The number of hydrogen-bond acceptors (Lipinski definition) is 5. The summed E-state index contributed by atoms with van der Waals surface area (Å²) in [6.07, 6.45) is 3.35. The number of rotatable bonds is 8. The highest BCUT2D eigenvalue weighted by atomic mass is 19.3. The van der Waals surface area contributed by atoms with Gasteiger partial charge in [-0.15, -0.1) is 0 Å². The minimum atomic E-state index is -2.98. The summed E-state index contributed by atoms with van der Waals surface area (Å²) in [5.74, 6) is 0.818. The molecule has 0 fully saturated rings. The van der Waals surface area contributed by atoms with Gasteiger partial charge in [0.1, 0.15) is 18.1 Å². The lowest BCUT2D eigenvalue weighted by Gasteiger charge is -2.11. The molecule has 3 aromatic rings. The van der Waals surface area contributed by atoms with Gasteiger partial charge >= 0.3 is 6.61 Å². The molecular weight excluding hydrogens is 408 g/mol. The standard InChI is InChI=1S/C23H21F2NO5/c1-28-21-12-16(6-9-19(21)31-23(24)25)26-22(27)20-10-8-18(30-20)13-29-17-7-5-14-3-2-4-15(14)11-17/h5-12,23H,2-4,13H2,1H3,(H,26,27). The van der Waals surface area contributed by atoms with E-state index in [4.69, 9.17) is 13.9 Å². The molecule has 8 heteroatoms. The molecule has 6 nitrogen and oxygen atoms in total. The van der Waals surface area contributed by atoms with Crippen LogP contribution in [-0.2, 0) is 19.4 Å². The van der Waals surface area contributed by atoms with E-state index in [-0.39, 0.29) is 23.9 Å². The summed E-state index contributed by atoms with van der Waals surface area (Å²) in [6.45, 7) is -2.78. The molecule has 0 spiro atoms. The maximum absolute atomic E-state index is 12.5. The van der Waals surface area contributed by atoms with Gasteiger partial charge in [-0.1, -0.05) is 6.07 Å². The largest absolute Gasteiger partial charge is 0.493 e. The summed E-state index contributed by atoms with van der Waals surface area (Å²) in [6, 6.07) is 13.4. The van der Waals surface area contributed by atoms with E-state index in [1.54, 1.807) is 12.1 Å². The average Bonchev–Trinajstić information content (AvgIpc) is 3.42. The van der Waals surface area contributed by atoms with Gasteiger partial charge in [-0.05, 0) is 66.8 Å². The molecule has 1 heterocycles. The zero-order valence-electron chi connectivity index (χ0n) is 16.8. The molecule has 0 unspecified atom stereocenters. The lowest BCUT2D eigenvalue weighted by Crippen LogP contribution is -2.11. The maximum Gasteiger partial charge on any atom is 0.387 e. The van der Waals surface area contributed by atoms with Crippen LogP contribution in [0.3, 0.4) is 0 Å². The quantitative estimate of drug-likeness (QED) is 0.532. The van der Waals surface area contributed by atoms with Crippen LogP contribution in [0.2, 0.25) is 0 Å². The number of methoxy groups -OCH3 is 1. The molecule has 0 atom stereocenters. The van der Waals surface area contributed by atoms with Crippen molar-refractivity contribution in [2.75, 3.05) is 12.4 Å². The molecule has 0 saturated carbocycles. The van der Waals surface area contributed by atoms with Crippen LogP contribution >= 0.6 is 0 Å². The number of amides is 1. The molecule has 1 aliphatic rings. The summed E-state index contributed by atoms with van der Waals surface area (Å²) >= 11 is 0. The van der Waals surface area contributed by atoms with E-state index in [1.807, 2.05) is 12.1 Å². The van der Waals surface area contributed by atoms with Crippen LogP contribution in [0, 0.1) is 0 Å². The summed E-state index contributed by atoms with van der Waals surface area (Å²) in [5.41, 5.74) is 3.03. The van der Waals surface area contributed by atoms with Gasteiger partial charge in [0.05, 0.1) is 7.11 Å². The van der Waals surface area contributed by atoms with Crippen molar-refractivity contribution in [3.63, 3.8) is 0 Å². The van der Waals surface area contributed by atoms with E-state index in [0.717, 1.165) is 18.6 Å². The Morgan fingerprint density at radius 1 is 1.06 bits per heavy atom. The van der Waals surface area contributed by atoms with Gasteiger partial charge < -0.3 is 23.9 Å². The Hall–Kier alpha value is -3.55. The third-order valence-corrected chi connectivity index (χ3v) is 4.97. The van der Waals surface area contributed by atoms with Crippen LogP contribution in [0.1, 0.15) is 33.9 Å². The van der Waals surface area contributed by atoms with Crippen LogP contribution in [0.5, 0.6) is 17.2 Å². The third-order valence-electron chi connectivity index (χ3n) is 4.97. The number of fused-ring (bicyclic) bond motifs is 1. The average molecular weight is 429 g/mol. The maximum atomic E-state index is 12.5. The molecule has 0 saturated heterocycles. The number of halogens is 2. The monoisotopic (exact) mass is 429 g/mol. The van der Waals surface area contributed by atoms with E-state index >= 15 is 0 Å². The van der Waals surface area contributed by atoms with Crippen molar-refractivity contribution in [1.29, 1.82) is 0 Å². The van der Waals surface area contributed by atoms with Crippen molar-refractivity contribution in [2.45, 2.75) is 32.5 Å². The van der Waals surface area contributed by atoms with Gasteiger partial charge in [-0.3, -0.25) is 4.79 Å². The second-order valence-corrected chi connectivity index (χ2v) is 7.04. The Balaban J connectivity index is 1.37. The number of anilines is 1. The number of alkyl halides is 2. The second kappa shape index (κ2) is 9.07. The van der Waals surface area contributed by atoms with Crippen LogP contribution in [0.4, 0.5) is 14.5 Å². The molecule has 1 amide bonds. The number of hydrogen-bond donors (Lipinski definition) is 1. The number of nitrogens with one attached hydrogen (secondary N) is 1. The van der Waals surface area contributed by atoms with Crippen LogP contribution < -0.4 is 19.5 Å². The minimum absolute atomic E-state index is 0.0704. The molecule has 2 aromatic carbocycles. The third kappa shape index (κ3) is 4.96. The molecule has 4 rings (SSSR count). The van der Waals surface area contributed by atoms with Crippen LogP contribution in [0.25, 0.3) is 0 Å². The number of carbonyl (C=O) groups is 1. The summed E-state index contributed by atoms with van der Waals surface area (Å²) in [7, 11) is 1.32. The second-order valence-electron chi connectivity index (χ2n) is 7.04. The van der Waals surface area contributed by atoms with Crippen molar-refractivity contribution >= 4 is 11.6 Å². The lowest BCUT2D eigenvalue weighted by atomic mass is 10.1. The summed E-state index contributed by atoms with van der Waals surface area (Å²) in [4.78, 5) is 12.5. The molecule has 1 aromatic heterocycles. The SMILES string of the molecule is COc1cc(NC(=O)c2ccc(COc3ccc4c(c3)CCC4)o2)ccc1OC(F)F. The highest BCUT2D eigenvalue weighted by molar-refractivity contribution is 6.02. The van der Waals surface area contributed by atoms with E-state index in [1.165, 1.54) is 42.9 Å². The Kier molecular flexibility index (Phi) is 6.06. The first-order chi connectivity index (χ1) is 15.0. The van der Waals surface area contributed by atoms with E-state index < -0.39 is 12.5 Å². The molecule has 0 radical (unpaired) electrons. The topological polar surface area (TPSA) is 69.9 Å². The Bertz CT molecular complexity index is 1080. The van der Waals surface area contributed by atoms with Crippen LogP contribution in [0.15, 0.2) is 52.9 Å². The molecule has 31 heavy (non-hydrogen) atoms. The van der Waals surface area contributed by atoms with Gasteiger partial charge in [0.2, 0.25) is 0 Å². The minimum Gasteiger partial charge on any atom is -0.493 e. The number of ether oxygens (including phenoxy) is 3. The molecule has 0 aliphatic heterocycles. The van der Waals surface area contributed by atoms with Gasteiger partial charge in [-0.25, -0.2) is 0 Å². The fourth-order valence-electron chi connectivity index (χ4n) is 3.50. The highest BCUT2D eigenvalue weighted by Crippen LogP contribution is 2.31. The van der Waals surface area contributed by atoms with E-state index in [2.05, 4.69) is 16.1 Å².